The van der Waals surface area contributed by atoms with Crippen LogP contribution in [0, 0.1) is 6.92 Å². The summed E-state index contributed by atoms with van der Waals surface area (Å²) in [7, 11) is 3.52. The van der Waals surface area contributed by atoms with Crippen LogP contribution in [0.1, 0.15) is 40.5 Å². The van der Waals surface area contributed by atoms with Crippen molar-refractivity contribution < 1.29 is 9.53 Å². The molecule has 112 valence electrons. The molecule has 2 aromatic heterocycles. The zero-order valence-electron chi connectivity index (χ0n) is 12.5. The second-order valence-corrected chi connectivity index (χ2v) is 6.08. The van der Waals surface area contributed by atoms with Gasteiger partial charge in [-0.1, -0.05) is 0 Å². The van der Waals surface area contributed by atoms with Gasteiger partial charge in [0, 0.05) is 19.0 Å². The Kier molecular flexibility index (Phi) is 3.71. The minimum atomic E-state index is 0.0565. The van der Waals surface area contributed by atoms with Crippen LogP contribution in [-0.4, -0.2) is 34.2 Å². The molecule has 0 saturated carbocycles. The van der Waals surface area contributed by atoms with Gasteiger partial charge in [0.25, 0.3) is 5.91 Å². The van der Waals surface area contributed by atoms with E-state index in [4.69, 9.17) is 4.74 Å². The normalized spacial score (nSPS) is 18.2. The Labute approximate surface area is 128 Å². The molecule has 0 aliphatic carbocycles. The van der Waals surface area contributed by atoms with Crippen molar-refractivity contribution in [3.8, 4) is 5.88 Å². The third kappa shape index (κ3) is 2.33. The molecule has 0 bridgehead atoms. The number of likely N-dealkylation sites (tertiary alicyclic amines) is 1. The zero-order valence-corrected chi connectivity index (χ0v) is 13.3. The zero-order chi connectivity index (χ0) is 15.0. The van der Waals surface area contributed by atoms with Crippen molar-refractivity contribution in [2.45, 2.75) is 25.8 Å². The summed E-state index contributed by atoms with van der Waals surface area (Å²) in [6.07, 6.45) is 1.97. The third-order valence-electron chi connectivity index (χ3n) is 4.02. The lowest BCUT2D eigenvalue weighted by molar-refractivity contribution is 0.0734. The van der Waals surface area contributed by atoms with Crippen molar-refractivity contribution >= 4 is 17.2 Å². The van der Waals surface area contributed by atoms with Crippen molar-refractivity contribution in [1.82, 2.24) is 14.7 Å². The molecule has 1 aliphatic heterocycles. The number of nitrogens with zero attached hydrogens (tertiary/aromatic N) is 3. The van der Waals surface area contributed by atoms with E-state index in [0.717, 1.165) is 42.1 Å². The number of aryl methyl sites for hydroxylation is 2. The number of rotatable bonds is 3. The van der Waals surface area contributed by atoms with Gasteiger partial charge in [-0.2, -0.15) is 16.4 Å². The Morgan fingerprint density at radius 1 is 1.52 bits per heavy atom. The number of hydrogen-bond acceptors (Lipinski definition) is 4. The Morgan fingerprint density at radius 3 is 3.00 bits per heavy atom. The fourth-order valence-electron chi connectivity index (χ4n) is 3.14. The summed E-state index contributed by atoms with van der Waals surface area (Å²) in [5.74, 6) is 0.853. The number of methoxy groups -OCH3 is 1. The van der Waals surface area contributed by atoms with E-state index in [-0.39, 0.29) is 11.9 Å². The maximum Gasteiger partial charge on any atom is 0.255 e. The molecule has 0 radical (unpaired) electrons. The van der Waals surface area contributed by atoms with Gasteiger partial charge in [-0.05, 0) is 31.2 Å². The first-order chi connectivity index (χ1) is 10.1. The molecule has 0 spiro atoms. The quantitative estimate of drug-likeness (QED) is 0.876. The van der Waals surface area contributed by atoms with Gasteiger partial charge in [0.15, 0.2) is 0 Å². The number of carbonyl (C=O) groups is 1. The standard InChI is InChI=1S/C15H19N3O2S/c1-10-13(15(20-3)17(2)16-10)12-5-4-7-18(12)14(19)11-6-8-21-9-11/h6,8-9,12H,4-5,7H2,1-3H3. The van der Waals surface area contributed by atoms with Crippen molar-refractivity contribution in [2.24, 2.45) is 7.05 Å². The predicted octanol–water partition coefficient (Wildman–Crippen LogP) is 2.78. The predicted molar refractivity (Wildman–Crippen MR) is 81.8 cm³/mol. The molecule has 1 unspecified atom stereocenters. The van der Waals surface area contributed by atoms with E-state index in [1.165, 1.54) is 0 Å². The van der Waals surface area contributed by atoms with E-state index >= 15 is 0 Å². The molecule has 1 aliphatic rings. The van der Waals surface area contributed by atoms with Gasteiger partial charge in [-0.15, -0.1) is 0 Å². The molecule has 1 amide bonds. The Balaban J connectivity index is 1.96. The average molecular weight is 305 g/mol. The Hall–Kier alpha value is -1.82. The largest absolute Gasteiger partial charge is 0.481 e. The van der Waals surface area contributed by atoms with Crippen molar-refractivity contribution in [2.75, 3.05) is 13.7 Å². The molecule has 6 heteroatoms. The molecule has 3 heterocycles. The molecule has 2 aromatic rings. The van der Waals surface area contributed by atoms with Gasteiger partial charge in [-0.25, -0.2) is 4.68 Å². The fourth-order valence-corrected chi connectivity index (χ4v) is 3.77. The molecule has 1 saturated heterocycles. The van der Waals surface area contributed by atoms with Crippen LogP contribution in [0.3, 0.4) is 0 Å². The number of aromatic nitrogens is 2. The minimum Gasteiger partial charge on any atom is -0.481 e. The van der Waals surface area contributed by atoms with E-state index < -0.39 is 0 Å². The number of amides is 1. The molecule has 0 N–H and O–H groups in total. The van der Waals surface area contributed by atoms with E-state index in [1.807, 2.05) is 35.7 Å². The van der Waals surface area contributed by atoms with Gasteiger partial charge in [0.1, 0.15) is 0 Å². The second-order valence-electron chi connectivity index (χ2n) is 5.30. The first-order valence-electron chi connectivity index (χ1n) is 7.04. The first kappa shape index (κ1) is 14.1. The number of ether oxygens (including phenoxy) is 1. The Morgan fingerprint density at radius 2 is 2.33 bits per heavy atom. The minimum absolute atomic E-state index is 0.0565. The van der Waals surface area contributed by atoms with Crippen LogP contribution in [0.15, 0.2) is 16.8 Å². The molecular weight excluding hydrogens is 286 g/mol. The third-order valence-corrected chi connectivity index (χ3v) is 4.71. The summed E-state index contributed by atoms with van der Waals surface area (Å²) in [6, 6.07) is 1.94. The van der Waals surface area contributed by atoms with E-state index in [0.29, 0.717) is 0 Å². The van der Waals surface area contributed by atoms with E-state index in [2.05, 4.69) is 5.10 Å². The highest BCUT2D eigenvalue weighted by Gasteiger charge is 2.35. The fraction of sp³-hybridized carbons (Fsp3) is 0.467. The number of carbonyl (C=O) groups excluding carboxylic acids is 1. The summed E-state index contributed by atoms with van der Waals surface area (Å²) in [4.78, 5) is 14.6. The lowest BCUT2D eigenvalue weighted by Crippen LogP contribution is -2.30. The van der Waals surface area contributed by atoms with Gasteiger partial charge in [-0.3, -0.25) is 4.79 Å². The summed E-state index contributed by atoms with van der Waals surface area (Å²) in [5.41, 5.74) is 2.75. The molecule has 1 atom stereocenters. The highest BCUT2D eigenvalue weighted by Crippen LogP contribution is 2.39. The average Bonchev–Trinajstić information content (AvgIpc) is 3.16. The van der Waals surface area contributed by atoms with Crippen molar-refractivity contribution in [3.63, 3.8) is 0 Å². The first-order valence-corrected chi connectivity index (χ1v) is 7.98. The molecule has 0 aromatic carbocycles. The summed E-state index contributed by atoms with van der Waals surface area (Å²) >= 11 is 1.55. The van der Waals surface area contributed by atoms with Gasteiger partial charge < -0.3 is 9.64 Å². The second kappa shape index (κ2) is 5.52. The molecule has 5 nitrogen and oxygen atoms in total. The topological polar surface area (TPSA) is 47.4 Å². The van der Waals surface area contributed by atoms with Crippen LogP contribution in [0.2, 0.25) is 0 Å². The van der Waals surface area contributed by atoms with Gasteiger partial charge in [0.05, 0.1) is 30.0 Å². The maximum absolute atomic E-state index is 12.7. The molecule has 21 heavy (non-hydrogen) atoms. The monoisotopic (exact) mass is 305 g/mol. The smallest absolute Gasteiger partial charge is 0.255 e. The number of hydrogen-bond donors (Lipinski definition) is 0. The Bertz CT molecular complexity index is 648. The maximum atomic E-state index is 12.7. The summed E-state index contributed by atoms with van der Waals surface area (Å²) in [5, 5.41) is 8.29. The van der Waals surface area contributed by atoms with E-state index in [9.17, 15) is 4.79 Å². The van der Waals surface area contributed by atoms with Crippen LogP contribution in [0.25, 0.3) is 0 Å². The summed E-state index contributed by atoms with van der Waals surface area (Å²) in [6.45, 7) is 2.76. The number of thiophene rings is 1. The van der Waals surface area contributed by atoms with Crippen LogP contribution in [0.4, 0.5) is 0 Å². The lowest BCUT2D eigenvalue weighted by atomic mass is 10.0. The van der Waals surface area contributed by atoms with Crippen LogP contribution in [0.5, 0.6) is 5.88 Å². The van der Waals surface area contributed by atoms with Crippen molar-refractivity contribution in [3.05, 3.63) is 33.6 Å². The summed E-state index contributed by atoms with van der Waals surface area (Å²) < 4.78 is 7.24. The SMILES string of the molecule is COc1c(C2CCCN2C(=O)c2ccsc2)c(C)nn1C. The van der Waals surface area contributed by atoms with Gasteiger partial charge in [0.2, 0.25) is 5.88 Å². The van der Waals surface area contributed by atoms with Crippen LogP contribution >= 0.6 is 11.3 Å². The molecular formula is C15H19N3O2S. The van der Waals surface area contributed by atoms with E-state index in [1.54, 1.807) is 23.1 Å². The van der Waals surface area contributed by atoms with Crippen molar-refractivity contribution in [1.29, 1.82) is 0 Å². The molecule has 3 rings (SSSR count). The highest BCUT2D eigenvalue weighted by atomic mass is 32.1. The lowest BCUT2D eigenvalue weighted by Gasteiger charge is -2.25. The van der Waals surface area contributed by atoms with Gasteiger partial charge >= 0.3 is 0 Å². The van der Waals surface area contributed by atoms with Crippen LogP contribution in [-0.2, 0) is 7.05 Å². The van der Waals surface area contributed by atoms with Crippen LogP contribution < -0.4 is 4.74 Å². The highest BCUT2D eigenvalue weighted by molar-refractivity contribution is 7.08. The molecule has 1 fully saturated rings.